The lowest BCUT2D eigenvalue weighted by atomic mass is 10.0. The van der Waals surface area contributed by atoms with Crippen LogP contribution in [0.1, 0.15) is 29.9 Å². The lowest BCUT2D eigenvalue weighted by Gasteiger charge is -2.09. The number of Topliss-reactive ketones (excluding diaryl/α,β-unsaturated/α-hetero) is 1. The number of carbonyl (C=O) groups excluding carboxylic acids is 1. The summed E-state index contributed by atoms with van der Waals surface area (Å²) in [6.07, 6.45) is 0.864. The molecule has 0 aliphatic heterocycles. The highest BCUT2D eigenvalue weighted by Gasteiger charge is 2.11. The molecule has 1 aromatic carbocycles. The van der Waals surface area contributed by atoms with E-state index in [9.17, 15) is 4.79 Å². The zero-order valence-electron chi connectivity index (χ0n) is 10.3. The molecule has 0 aliphatic rings. The fourth-order valence-corrected chi connectivity index (χ4v) is 1.90. The van der Waals surface area contributed by atoms with Crippen LogP contribution in [0.4, 0.5) is 0 Å². The summed E-state index contributed by atoms with van der Waals surface area (Å²) in [6, 6.07) is 7.48. The van der Waals surface area contributed by atoms with Crippen molar-refractivity contribution in [3.8, 4) is 5.75 Å². The van der Waals surface area contributed by atoms with Crippen molar-refractivity contribution in [1.29, 1.82) is 0 Å². The van der Waals surface area contributed by atoms with E-state index in [2.05, 4.69) is 11.9 Å². The molecule has 0 atom stereocenters. The van der Waals surface area contributed by atoms with E-state index in [1.807, 2.05) is 12.1 Å². The van der Waals surface area contributed by atoms with Gasteiger partial charge in [0.25, 0.3) is 0 Å². The second-order valence-corrected chi connectivity index (χ2v) is 3.92. The molecule has 0 bridgehead atoms. The van der Waals surface area contributed by atoms with Gasteiger partial charge in [-0.15, -0.1) is 0 Å². The molecule has 17 heavy (non-hydrogen) atoms. The van der Waals surface area contributed by atoms with Crippen molar-refractivity contribution in [2.24, 2.45) is 0 Å². The van der Waals surface area contributed by atoms with E-state index < -0.39 is 0 Å². The number of benzene rings is 1. The van der Waals surface area contributed by atoms with Gasteiger partial charge in [-0.1, -0.05) is 13.0 Å². The second-order valence-electron chi connectivity index (χ2n) is 3.92. The Morgan fingerprint density at radius 3 is 2.65 bits per heavy atom. The minimum Gasteiger partial charge on any atom is -0.494 e. The molecule has 1 heterocycles. The molecule has 88 valence electrons. The van der Waals surface area contributed by atoms with Crippen LogP contribution in [0.3, 0.4) is 0 Å². The summed E-state index contributed by atoms with van der Waals surface area (Å²) in [5.41, 5.74) is 2.45. The minimum absolute atomic E-state index is 0.0451. The van der Waals surface area contributed by atoms with E-state index in [-0.39, 0.29) is 5.78 Å². The van der Waals surface area contributed by atoms with Crippen LogP contribution in [0.2, 0.25) is 0 Å². The van der Waals surface area contributed by atoms with Crippen LogP contribution in [0, 0.1) is 0 Å². The van der Waals surface area contributed by atoms with Gasteiger partial charge in [0.15, 0.2) is 5.78 Å². The topological polar surface area (TPSA) is 39.2 Å². The van der Waals surface area contributed by atoms with Gasteiger partial charge >= 0.3 is 0 Å². The van der Waals surface area contributed by atoms with Crippen LogP contribution in [0.25, 0.3) is 10.9 Å². The first kappa shape index (κ1) is 11.6. The van der Waals surface area contributed by atoms with Crippen LogP contribution < -0.4 is 4.74 Å². The number of hydrogen-bond acceptors (Lipinski definition) is 3. The smallest absolute Gasteiger partial charge is 0.160 e. The van der Waals surface area contributed by atoms with Crippen molar-refractivity contribution in [3.05, 3.63) is 35.5 Å². The van der Waals surface area contributed by atoms with E-state index in [1.165, 1.54) is 0 Å². The van der Waals surface area contributed by atoms with E-state index in [0.717, 1.165) is 23.0 Å². The first-order valence-corrected chi connectivity index (χ1v) is 5.65. The summed E-state index contributed by atoms with van der Waals surface area (Å²) in [5, 5.41) is 0.856. The van der Waals surface area contributed by atoms with Gasteiger partial charge in [-0.05, 0) is 31.5 Å². The third-order valence-electron chi connectivity index (χ3n) is 2.84. The molecule has 2 aromatic rings. The molecule has 0 amide bonds. The fourth-order valence-electron chi connectivity index (χ4n) is 1.90. The number of pyridine rings is 1. The average Bonchev–Trinajstić information content (AvgIpc) is 2.36. The third-order valence-corrected chi connectivity index (χ3v) is 2.84. The first-order chi connectivity index (χ1) is 8.17. The lowest BCUT2D eigenvalue weighted by molar-refractivity contribution is 0.101. The predicted octanol–water partition coefficient (Wildman–Crippen LogP) is 3.01. The van der Waals surface area contributed by atoms with Crippen molar-refractivity contribution in [1.82, 2.24) is 4.98 Å². The molecule has 2 rings (SSSR count). The van der Waals surface area contributed by atoms with Gasteiger partial charge in [0.05, 0.1) is 7.11 Å². The third kappa shape index (κ3) is 2.00. The molecule has 0 unspecified atom stereocenters. The number of ketones is 1. The van der Waals surface area contributed by atoms with Gasteiger partial charge in [-0.2, -0.15) is 0 Å². The predicted molar refractivity (Wildman–Crippen MR) is 67.7 cm³/mol. The van der Waals surface area contributed by atoms with Gasteiger partial charge in [0, 0.05) is 16.6 Å². The van der Waals surface area contributed by atoms with Crippen LogP contribution in [0.15, 0.2) is 24.3 Å². The second kappa shape index (κ2) is 4.53. The molecule has 0 fully saturated rings. The first-order valence-electron chi connectivity index (χ1n) is 5.65. The largest absolute Gasteiger partial charge is 0.494 e. The molecule has 3 nitrogen and oxygen atoms in total. The number of carbonyl (C=O) groups is 1. The Morgan fingerprint density at radius 2 is 2.06 bits per heavy atom. The zero-order chi connectivity index (χ0) is 12.4. The highest BCUT2D eigenvalue weighted by atomic mass is 16.5. The molecule has 3 heteroatoms. The molecule has 0 aliphatic carbocycles. The number of rotatable bonds is 3. The lowest BCUT2D eigenvalue weighted by Crippen LogP contribution is -1.98. The molecule has 0 saturated carbocycles. The molecular formula is C14H15NO2. The molecule has 0 N–H and O–H groups in total. The van der Waals surface area contributed by atoms with E-state index in [4.69, 9.17) is 4.74 Å². The average molecular weight is 229 g/mol. The van der Waals surface area contributed by atoms with Crippen molar-refractivity contribution in [3.63, 3.8) is 0 Å². The SMILES string of the molecule is CCc1ccc2c(C(C)=O)ccc(OC)c2n1. The van der Waals surface area contributed by atoms with Crippen LogP contribution in [0.5, 0.6) is 5.75 Å². The molecular weight excluding hydrogens is 214 g/mol. The van der Waals surface area contributed by atoms with Crippen LogP contribution >= 0.6 is 0 Å². The molecule has 0 saturated heterocycles. The van der Waals surface area contributed by atoms with Crippen molar-refractivity contribution in [2.45, 2.75) is 20.3 Å². The molecule has 0 radical (unpaired) electrons. The zero-order valence-corrected chi connectivity index (χ0v) is 10.3. The highest BCUT2D eigenvalue weighted by molar-refractivity contribution is 6.07. The minimum atomic E-state index is 0.0451. The number of fused-ring (bicyclic) bond motifs is 1. The highest BCUT2D eigenvalue weighted by Crippen LogP contribution is 2.27. The summed E-state index contributed by atoms with van der Waals surface area (Å²) in [4.78, 5) is 16.1. The Morgan fingerprint density at radius 1 is 1.29 bits per heavy atom. The van der Waals surface area contributed by atoms with Gasteiger partial charge in [-0.25, -0.2) is 4.98 Å². The maximum Gasteiger partial charge on any atom is 0.160 e. The van der Waals surface area contributed by atoms with Gasteiger partial charge in [0.2, 0.25) is 0 Å². The van der Waals surface area contributed by atoms with Gasteiger partial charge in [-0.3, -0.25) is 4.79 Å². The summed E-state index contributed by atoms with van der Waals surface area (Å²) >= 11 is 0. The summed E-state index contributed by atoms with van der Waals surface area (Å²) in [5.74, 6) is 0.754. The normalized spacial score (nSPS) is 10.5. The van der Waals surface area contributed by atoms with E-state index in [0.29, 0.717) is 11.3 Å². The molecule has 0 spiro atoms. The van der Waals surface area contributed by atoms with Gasteiger partial charge in [0.1, 0.15) is 11.3 Å². The van der Waals surface area contributed by atoms with Crippen LogP contribution in [-0.4, -0.2) is 17.9 Å². The Hall–Kier alpha value is -1.90. The number of aromatic nitrogens is 1. The van der Waals surface area contributed by atoms with Crippen molar-refractivity contribution in [2.75, 3.05) is 7.11 Å². The van der Waals surface area contributed by atoms with Crippen molar-refractivity contribution >= 4 is 16.7 Å². The maximum atomic E-state index is 11.5. The number of aryl methyl sites for hydroxylation is 1. The number of ether oxygens (including phenoxy) is 1. The number of nitrogens with zero attached hydrogens (tertiary/aromatic N) is 1. The Balaban J connectivity index is 2.79. The van der Waals surface area contributed by atoms with E-state index >= 15 is 0 Å². The maximum absolute atomic E-state index is 11.5. The number of methoxy groups -OCH3 is 1. The van der Waals surface area contributed by atoms with Gasteiger partial charge < -0.3 is 4.74 Å². The summed E-state index contributed by atoms with van der Waals surface area (Å²) in [7, 11) is 1.61. The standard InChI is InChI=1S/C14H15NO2/c1-4-10-5-6-12-11(9(2)16)7-8-13(17-3)14(12)15-10/h5-8H,4H2,1-3H3. The number of hydrogen-bond donors (Lipinski definition) is 0. The fraction of sp³-hybridized carbons (Fsp3) is 0.286. The Kier molecular flexibility index (Phi) is 3.09. The Labute approximate surface area is 100 Å². The van der Waals surface area contributed by atoms with Crippen molar-refractivity contribution < 1.29 is 9.53 Å². The monoisotopic (exact) mass is 229 g/mol. The summed E-state index contributed by atoms with van der Waals surface area (Å²) < 4.78 is 5.29. The molecule has 1 aromatic heterocycles. The Bertz CT molecular complexity index is 576. The quantitative estimate of drug-likeness (QED) is 0.759. The summed E-state index contributed by atoms with van der Waals surface area (Å²) in [6.45, 7) is 3.62. The van der Waals surface area contributed by atoms with Crippen LogP contribution in [-0.2, 0) is 6.42 Å². The van der Waals surface area contributed by atoms with E-state index in [1.54, 1.807) is 26.2 Å².